The van der Waals surface area contributed by atoms with Crippen LogP contribution in [0.4, 0.5) is 10.1 Å². The number of benzene rings is 3. The highest BCUT2D eigenvalue weighted by atomic mass is 35.5. The summed E-state index contributed by atoms with van der Waals surface area (Å²) in [5.74, 6) is -0.321. The Morgan fingerprint density at radius 3 is 2.21 bits per heavy atom. The lowest BCUT2D eigenvalue weighted by molar-refractivity contribution is -0.118. The van der Waals surface area contributed by atoms with Crippen LogP contribution in [0.15, 0.2) is 60.7 Å². The first-order valence-corrected chi connectivity index (χ1v) is 11.6. The summed E-state index contributed by atoms with van der Waals surface area (Å²) in [6.45, 7) is 4.20. The van der Waals surface area contributed by atoms with Crippen LogP contribution < -0.4 is 10.6 Å². The Kier molecular flexibility index (Phi) is 9.12. The maximum atomic E-state index is 14.7. The monoisotopic (exact) mass is 487 g/mol. The van der Waals surface area contributed by atoms with Crippen LogP contribution in [-0.2, 0) is 17.9 Å². The fourth-order valence-corrected chi connectivity index (χ4v) is 4.19. The van der Waals surface area contributed by atoms with E-state index >= 15 is 0 Å². The molecule has 0 unspecified atom stereocenters. The zero-order chi connectivity index (χ0) is 23.8. The average Bonchev–Trinajstić information content (AvgIpc) is 2.73. The van der Waals surface area contributed by atoms with Crippen LogP contribution in [0.25, 0.3) is 11.1 Å². The van der Waals surface area contributed by atoms with E-state index in [4.69, 9.17) is 23.2 Å². The summed E-state index contributed by atoms with van der Waals surface area (Å²) >= 11 is 12.2. The molecule has 7 heteroatoms. The van der Waals surface area contributed by atoms with Crippen molar-refractivity contribution in [2.75, 3.05) is 25.5 Å². The minimum Gasteiger partial charge on any atom is -0.385 e. The van der Waals surface area contributed by atoms with Gasteiger partial charge in [-0.05, 0) is 66.6 Å². The SMILES string of the molecule is CC(=O)NCCCNc1ccc(-c2ccc(CN(C)Cc3cc(Cl)cc(Cl)c3)cc2)c(F)c1. The van der Waals surface area contributed by atoms with Gasteiger partial charge in [-0.3, -0.25) is 9.69 Å². The van der Waals surface area contributed by atoms with Gasteiger partial charge in [0.2, 0.25) is 5.91 Å². The van der Waals surface area contributed by atoms with Crippen molar-refractivity contribution in [1.82, 2.24) is 10.2 Å². The second-order valence-corrected chi connectivity index (χ2v) is 8.98. The van der Waals surface area contributed by atoms with Crippen molar-refractivity contribution < 1.29 is 9.18 Å². The highest BCUT2D eigenvalue weighted by molar-refractivity contribution is 6.34. The molecule has 0 bridgehead atoms. The van der Waals surface area contributed by atoms with Crippen molar-refractivity contribution in [1.29, 1.82) is 0 Å². The fourth-order valence-electron chi connectivity index (χ4n) is 3.62. The van der Waals surface area contributed by atoms with Crippen LogP contribution in [-0.4, -0.2) is 30.9 Å². The number of hydrogen-bond acceptors (Lipinski definition) is 3. The summed E-state index contributed by atoms with van der Waals surface area (Å²) in [6.07, 6.45) is 0.767. The van der Waals surface area contributed by atoms with E-state index in [2.05, 4.69) is 15.5 Å². The molecule has 3 rings (SSSR count). The molecule has 0 spiro atoms. The second-order valence-electron chi connectivity index (χ2n) is 8.10. The highest BCUT2D eigenvalue weighted by Gasteiger charge is 2.08. The Morgan fingerprint density at radius 1 is 0.909 bits per heavy atom. The molecule has 2 N–H and O–H groups in total. The minimum absolute atomic E-state index is 0.0471. The molecule has 0 radical (unpaired) electrons. The number of hydrogen-bond donors (Lipinski definition) is 2. The third-order valence-corrected chi connectivity index (χ3v) is 5.55. The molecular weight excluding hydrogens is 460 g/mol. The van der Waals surface area contributed by atoms with Gasteiger partial charge in [0.25, 0.3) is 0 Å². The minimum atomic E-state index is -0.274. The molecule has 0 heterocycles. The molecule has 0 aliphatic rings. The third-order valence-electron chi connectivity index (χ3n) is 5.12. The number of nitrogens with zero attached hydrogens (tertiary/aromatic N) is 1. The van der Waals surface area contributed by atoms with Gasteiger partial charge in [0, 0.05) is 54.4 Å². The van der Waals surface area contributed by atoms with Gasteiger partial charge in [0.1, 0.15) is 5.82 Å². The summed E-state index contributed by atoms with van der Waals surface area (Å²) in [6, 6.07) is 18.6. The van der Waals surface area contributed by atoms with Crippen LogP contribution in [0.1, 0.15) is 24.5 Å². The molecule has 3 aromatic rings. The number of nitrogens with one attached hydrogen (secondary N) is 2. The Balaban J connectivity index is 1.56. The zero-order valence-electron chi connectivity index (χ0n) is 18.8. The van der Waals surface area contributed by atoms with Crippen molar-refractivity contribution in [3.63, 3.8) is 0 Å². The van der Waals surface area contributed by atoms with Crippen molar-refractivity contribution in [3.8, 4) is 11.1 Å². The standard InChI is InChI=1S/C26H28Cl2FN3O/c1-18(33)30-10-3-11-31-24-8-9-25(26(29)15-24)21-6-4-19(5-7-21)16-32(2)17-20-12-22(27)14-23(28)13-20/h4-9,12-15,31H,3,10-11,16-17H2,1-2H3,(H,30,33). The molecule has 1 amide bonds. The lowest BCUT2D eigenvalue weighted by Gasteiger charge is -2.17. The normalized spacial score (nSPS) is 11.0. The number of anilines is 1. The van der Waals surface area contributed by atoms with Gasteiger partial charge < -0.3 is 10.6 Å². The smallest absolute Gasteiger partial charge is 0.216 e. The molecule has 0 atom stereocenters. The van der Waals surface area contributed by atoms with Crippen LogP contribution in [0.2, 0.25) is 10.0 Å². The lowest BCUT2D eigenvalue weighted by atomic mass is 10.0. The van der Waals surface area contributed by atoms with Crippen molar-refractivity contribution >= 4 is 34.8 Å². The zero-order valence-corrected chi connectivity index (χ0v) is 20.3. The number of carbonyl (C=O) groups excluding carboxylic acids is 1. The molecule has 0 fully saturated rings. The molecule has 0 aliphatic heterocycles. The van der Waals surface area contributed by atoms with Gasteiger partial charge >= 0.3 is 0 Å². The van der Waals surface area contributed by atoms with Crippen molar-refractivity contribution in [2.45, 2.75) is 26.4 Å². The average molecular weight is 488 g/mol. The first-order valence-electron chi connectivity index (χ1n) is 10.8. The second kappa shape index (κ2) is 12.0. The van der Waals surface area contributed by atoms with E-state index in [-0.39, 0.29) is 11.7 Å². The summed E-state index contributed by atoms with van der Waals surface area (Å²) in [7, 11) is 2.03. The molecule has 4 nitrogen and oxygen atoms in total. The molecule has 174 valence electrons. The molecule has 0 saturated carbocycles. The maximum Gasteiger partial charge on any atom is 0.216 e. The molecular formula is C26H28Cl2FN3O. The Labute approximate surface area is 204 Å². The molecule has 0 saturated heterocycles. The summed E-state index contributed by atoms with van der Waals surface area (Å²) in [5.41, 5.74) is 4.30. The van der Waals surface area contributed by atoms with E-state index in [0.29, 0.717) is 28.7 Å². The summed E-state index contributed by atoms with van der Waals surface area (Å²) in [5, 5.41) is 7.18. The topological polar surface area (TPSA) is 44.4 Å². The molecule has 0 aliphatic carbocycles. The van der Waals surface area contributed by atoms with E-state index < -0.39 is 0 Å². The van der Waals surface area contributed by atoms with Crippen LogP contribution in [0.5, 0.6) is 0 Å². The molecule has 0 aromatic heterocycles. The predicted octanol–water partition coefficient (Wildman–Crippen LogP) is 6.37. The molecule has 3 aromatic carbocycles. The largest absolute Gasteiger partial charge is 0.385 e. The summed E-state index contributed by atoms with van der Waals surface area (Å²) < 4.78 is 14.7. The van der Waals surface area contributed by atoms with Gasteiger partial charge in [-0.15, -0.1) is 0 Å². The van der Waals surface area contributed by atoms with Gasteiger partial charge in [-0.2, -0.15) is 0 Å². The van der Waals surface area contributed by atoms with E-state index in [1.54, 1.807) is 12.1 Å². The number of carbonyl (C=O) groups is 1. The number of amides is 1. The van der Waals surface area contributed by atoms with Gasteiger partial charge in [0.05, 0.1) is 0 Å². The van der Waals surface area contributed by atoms with Gasteiger partial charge in [-0.1, -0.05) is 47.5 Å². The first kappa shape index (κ1) is 25.0. The fraction of sp³-hybridized carbons (Fsp3) is 0.269. The number of halogens is 3. The maximum absolute atomic E-state index is 14.7. The Hall–Kier alpha value is -2.60. The van der Waals surface area contributed by atoms with E-state index in [0.717, 1.165) is 41.9 Å². The Bertz CT molecular complexity index is 1070. The van der Waals surface area contributed by atoms with Crippen molar-refractivity contribution in [3.05, 3.63) is 87.7 Å². The third kappa shape index (κ3) is 8.04. The van der Waals surface area contributed by atoms with E-state index in [1.807, 2.05) is 49.5 Å². The van der Waals surface area contributed by atoms with Gasteiger partial charge in [0.15, 0.2) is 0 Å². The Morgan fingerprint density at radius 2 is 1.58 bits per heavy atom. The van der Waals surface area contributed by atoms with E-state index in [1.165, 1.54) is 13.0 Å². The summed E-state index contributed by atoms with van der Waals surface area (Å²) in [4.78, 5) is 13.0. The van der Waals surface area contributed by atoms with Crippen molar-refractivity contribution in [2.24, 2.45) is 0 Å². The van der Waals surface area contributed by atoms with E-state index in [9.17, 15) is 9.18 Å². The van der Waals surface area contributed by atoms with Crippen LogP contribution in [0, 0.1) is 5.82 Å². The van der Waals surface area contributed by atoms with Crippen LogP contribution >= 0.6 is 23.2 Å². The molecule has 33 heavy (non-hydrogen) atoms. The lowest BCUT2D eigenvalue weighted by Crippen LogP contribution is -2.22. The predicted molar refractivity (Wildman–Crippen MR) is 135 cm³/mol. The highest BCUT2D eigenvalue weighted by Crippen LogP contribution is 2.26. The number of rotatable bonds is 10. The quantitative estimate of drug-likeness (QED) is 0.326. The van der Waals surface area contributed by atoms with Crippen LogP contribution in [0.3, 0.4) is 0 Å². The van der Waals surface area contributed by atoms with Gasteiger partial charge in [-0.25, -0.2) is 4.39 Å². The first-order chi connectivity index (χ1) is 15.8.